The number of carboxylic acids is 1. The number of benzene rings is 1. The number of carboxylic acid groups (broad SMARTS) is 1. The molecule has 1 saturated carbocycles. The van der Waals surface area contributed by atoms with Crippen LogP contribution in [-0.2, 0) is 11.2 Å². The lowest BCUT2D eigenvalue weighted by molar-refractivity contribution is -0.323. The third-order valence-electron chi connectivity index (χ3n) is 5.51. The van der Waals surface area contributed by atoms with Crippen LogP contribution in [0, 0.1) is 16.7 Å². The van der Waals surface area contributed by atoms with Gasteiger partial charge in [0, 0.05) is 11.4 Å². The van der Waals surface area contributed by atoms with Crippen LogP contribution in [0.2, 0.25) is 0 Å². The maximum atomic E-state index is 11.5. The van der Waals surface area contributed by atoms with Gasteiger partial charge in [0.15, 0.2) is 0 Å². The third kappa shape index (κ3) is 2.35. The molecule has 3 atom stereocenters. The van der Waals surface area contributed by atoms with E-state index in [2.05, 4.69) is 0 Å². The highest BCUT2D eigenvalue weighted by Gasteiger charge is 2.54. The second-order valence-corrected chi connectivity index (χ2v) is 6.74. The van der Waals surface area contributed by atoms with E-state index in [-0.39, 0.29) is 5.92 Å². The highest BCUT2D eigenvalue weighted by molar-refractivity contribution is 5.73. The molecule has 1 N–H and O–H groups in total. The average molecular weight is 275 g/mol. The minimum absolute atomic E-state index is 0.0226. The summed E-state index contributed by atoms with van der Waals surface area (Å²) >= 11 is 0. The lowest BCUT2D eigenvalue weighted by Gasteiger charge is -2.43. The van der Waals surface area contributed by atoms with E-state index in [1.807, 2.05) is 44.2 Å². The van der Waals surface area contributed by atoms with E-state index in [1.54, 1.807) is 6.92 Å². The van der Waals surface area contributed by atoms with Crippen LogP contribution in [-0.4, -0.2) is 17.2 Å². The Balaban J connectivity index is 2.16. The maximum Gasteiger partial charge on any atom is 0.0614 e. The zero-order valence-corrected chi connectivity index (χ0v) is 12.4. The van der Waals surface area contributed by atoms with Gasteiger partial charge in [0.25, 0.3) is 0 Å². The Morgan fingerprint density at radius 1 is 1.35 bits per heavy atom. The molecule has 0 spiro atoms. The lowest BCUT2D eigenvalue weighted by atomic mass is 9.64. The highest BCUT2D eigenvalue weighted by atomic mass is 16.4. The molecule has 1 aliphatic carbocycles. The van der Waals surface area contributed by atoms with Crippen molar-refractivity contribution in [3.05, 3.63) is 35.9 Å². The number of rotatable bonds is 4. The fourth-order valence-electron chi connectivity index (χ4n) is 3.57. The number of hydrogen-bond donors (Lipinski definition) is 1. The fourth-order valence-corrected chi connectivity index (χ4v) is 3.57. The summed E-state index contributed by atoms with van der Waals surface area (Å²) in [5.41, 5.74) is -0.257. The molecule has 0 heterocycles. The second-order valence-electron chi connectivity index (χ2n) is 6.74. The Morgan fingerprint density at radius 3 is 2.45 bits per heavy atom. The topological polar surface area (TPSA) is 60.4 Å². The van der Waals surface area contributed by atoms with E-state index in [4.69, 9.17) is 0 Å². The molecular formula is C17H23O3-. The Bertz CT molecular complexity index is 480. The number of aliphatic hydroxyl groups excluding tert-OH is 1. The predicted molar refractivity (Wildman–Crippen MR) is 75.8 cm³/mol. The second kappa shape index (κ2) is 5.21. The van der Waals surface area contributed by atoms with Crippen molar-refractivity contribution in [2.24, 2.45) is 16.7 Å². The normalized spacial score (nSPS) is 30.1. The van der Waals surface area contributed by atoms with E-state index in [0.717, 1.165) is 12.0 Å². The zero-order chi connectivity index (χ0) is 15.0. The Kier molecular flexibility index (Phi) is 3.92. The van der Waals surface area contributed by atoms with Crippen LogP contribution in [0.4, 0.5) is 0 Å². The molecule has 0 saturated heterocycles. The molecule has 0 aromatic heterocycles. The van der Waals surface area contributed by atoms with Crippen molar-refractivity contribution < 1.29 is 15.0 Å². The summed E-state index contributed by atoms with van der Waals surface area (Å²) in [4.78, 5) is 11.5. The summed E-state index contributed by atoms with van der Waals surface area (Å²) in [6.07, 6.45) is 1.34. The van der Waals surface area contributed by atoms with Gasteiger partial charge in [0.05, 0.1) is 6.10 Å². The number of aliphatic carboxylic acids is 1. The van der Waals surface area contributed by atoms with Crippen molar-refractivity contribution in [1.29, 1.82) is 0 Å². The fraction of sp³-hybridized carbons (Fsp3) is 0.588. The van der Waals surface area contributed by atoms with Crippen molar-refractivity contribution in [2.45, 2.75) is 46.1 Å². The van der Waals surface area contributed by atoms with Crippen LogP contribution in [0.1, 0.15) is 39.2 Å². The smallest absolute Gasteiger partial charge is 0.0614 e. The minimum Gasteiger partial charge on any atom is -0.550 e. The van der Waals surface area contributed by atoms with Gasteiger partial charge in [0.2, 0.25) is 0 Å². The SMILES string of the molecule is CC1(C)[C@@H]([C@H](O)Cc2ccccc2)CC[C@]1(C)C(=O)[O-]. The highest BCUT2D eigenvalue weighted by Crippen LogP contribution is 2.56. The molecular weight excluding hydrogens is 252 g/mol. The molecule has 1 aromatic rings. The van der Waals surface area contributed by atoms with Crippen molar-refractivity contribution in [3.8, 4) is 0 Å². The van der Waals surface area contributed by atoms with Gasteiger partial charge in [0.1, 0.15) is 0 Å². The maximum absolute atomic E-state index is 11.5. The first kappa shape index (κ1) is 15.0. The first-order valence-corrected chi connectivity index (χ1v) is 7.22. The molecule has 0 bridgehead atoms. The minimum atomic E-state index is -1.00. The number of aliphatic hydroxyl groups is 1. The Hall–Kier alpha value is -1.35. The van der Waals surface area contributed by atoms with Gasteiger partial charge < -0.3 is 15.0 Å². The van der Waals surface area contributed by atoms with Crippen molar-refractivity contribution in [2.75, 3.05) is 0 Å². The first-order chi connectivity index (χ1) is 9.29. The molecule has 1 aromatic carbocycles. The van der Waals surface area contributed by atoms with E-state index >= 15 is 0 Å². The molecule has 0 aliphatic heterocycles. The van der Waals surface area contributed by atoms with Crippen LogP contribution in [0.3, 0.4) is 0 Å². The van der Waals surface area contributed by atoms with Crippen molar-refractivity contribution in [3.63, 3.8) is 0 Å². The van der Waals surface area contributed by atoms with E-state index < -0.39 is 22.9 Å². The Morgan fingerprint density at radius 2 is 1.95 bits per heavy atom. The third-order valence-corrected chi connectivity index (χ3v) is 5.51. The summed E-state index contributed by atoms with van der Waals surface area (Å²) < 4.78 is 0. The molecule has 1 aliphatic rings. The predicted octanol–water partition coefficient (Wildman–Crippen LogP) is 1.78. The van der Waals surface area contributed by atoms with Crippen LogP contribution in [0.15, 0.2) is 30.3 Å². The van der Waals surface area contributed by atoms with Gasteiger partial charge in [-0.1, -0.05) is 51.1 Å². The monoisotopic (exact) mass is 275 g/mol. The van der Waals surface area contributed by atoms with Crippen molar-refractivity contribution in [1.82, 2.24) is 0 Å². The van der Waals surface area contributed by atoms with Crippen molar-refractivity contribution >= 4 is 5.97 Å². The molecule has 0 radical (unpaired) electrons. The van der Waals surface area contributed by atoms with Crippen LogP contribution in [0.25, 0.3) is 0 Å². The molecule has 110 valence electrons. The van der Waals surface area contributed by atoms with Gasteiger partial charge in [-0.25, -0.2) is 0 Å². The molecule has 2 rings (SSSR count). The molecule has 1 fully saturated rings. The van der Waals surface area contributed by atoms with Crippen LogP contribution < -0.4 is 5.11 Å². The summed E-state index contributed by atoms with van der Waals surface area (Å²) in [6.45, 7) is 5.63. The van der Waals surface area contributed by atoms with Gasteiger partial charge in [-0.15, -0.1) is 0 Å². The molecule has 3 heteroatoms. The Labute approximate surface area is 120 Å². The summed E-state index contributed by atoms with van der Waals surface area (Å²) in [6, 6.07) is 9.83. The van der Waals surface area contributed by atoms with E-state index in [1.165, 1.54) is 0 Å². The van der Waals surface area contributed by atoms with Gasteiger partial charge >= 0.3 is 0 Å². The summed E-state index contributed by atoms with van der Waals surface area (Å²) in [5.74, 6) is -1.03. The van der Waals surface area contributed by atoms with Crippen LogP contribution in [0.5, 0.6) is 0 Å². The van der Waals surface area contributed by atoms with Gasteiger partial charge in [-0.2, -0.15) is 0 Å². The van der Waals surface area contributed by atoms with Gasteiger partial charge in [-0.05, 0) is 36.2 Å². The first-order valence-electron chi connectivity index (χ1n) is 7.22. The lowest BCUT2D eigenvalue weighted by Crippen LogP contribution is -2.49. The standard InChI is InChI=1S/C17H24O3/c1-16(2)13(9-10-17(16,3)15(19)20)14(18)11-12-7-5-4-6-8-12/h4-8,13-14,18H,9-11H2,1-3H3,(H,19,20)/p-1/t13-,14-,17-/m1/s1. The van der Waals surface area contributed by atoms with E-state index in [9.17, 15) is 15.0 Å². The molecule has 20 heavy (non-hydrogen) atoms. The van der Waals surface area contributed by atoms with E-state index in [0.29, 0.717) is 12.8 Å². The number of carbonyl (C=O) groups excluding carboxylic acids is 1. The summed E-state index contributed by atoms with van der Waals surface area (Å²) in [5, 5.41) is 22.0. The average Bonchev–Trinajstić information content (AvgIpc) is 2.63. The molecule has 3 nitrogen and oxygen atoms in total. The largest absolute Gasteiger partial charge is 0.550 e. The number of hydrogen-bond acceptors (Lipinski definition) is 3. The van der Waals surface area contributed by atoms with Gasteiger partial charge in [-0.3, -0.25) is 0 Å². The quantitative estimate of drug-likeness (QED) is 0.911. The zero-order valence-electron chi connectivity index (χ0n) is 12.4. The summed E-state index contributed by atoms with van der Waals surface area (Å²) in [7, 11) is 0. The molecule has 0 amide bonds. The van der Waals surface area contributed by atoms with Crippen LogP contribution >= 0.6 is 0 Å². The number of carbonyl (C=O) groups is 1. The molecule has 0 unspecified atom stereocenters.